The molecule has 3 aromatic rings. The molecule has 1 atom stereocenters. The van der Waals surface area contributed by atoms with E-state index in [0.29, 0.717) is 23.1 Å². The molecule has 1 unspecified atom stereocenters. The topological polar surface area (TPSA) is 109 Å². The van der Waals surface area contributed by atoms with Crippen LogP contribution in [0.2, 0.25) is 0 Å². The minimum absolute atomic E-state index is 0.152. The van der Waals surface area contributed by atoms with E-state index in [9.17, 15) is 18.4 Å². The molecule has 2 aromatic carbocycles. The Hall–Kier alpha value is -2.97. The van der Waals surface area contributed by atoms with Crippen molar-refractivity contribution in [2.45, 2.75) is 26.3 Å². The number of carbonyl (C=O) groups excluding carboxylic acids is 1. The molecule has 0 radical (unpaired) electrons. The molecular formula is C19H17F2MnN3O4. The van der Waals surface area contributed by atoms with Crippen LogP contribution < -0.4 is 10.9 Å². The van der Waals surface area contributed by atoms with E-state index < -0.39 is 14.8 Å². The van der Waals surface area contributed by atoms with Crippen molar-refractivity contribution < 1.29 is 36.1 Å². The number of nitrogens with one attached hydrogen (secondary N) is 2. The summed E-state index contributed by atoms with van der Waals surface area (Å²) in [5.74, 6) is -0.499. The van der Waals surface area contributed by atoms with Crippen molar-refractivity contribution in [2.24, 2.45) is 0 Å². The third-order valence-corrected chi connectivity index (χ3v) is 4.12. The number of carbonyl (C=O) groups is 1. The van der Waals surface area contributed by atoms with Crippen LogP contribution in [0.15, 0.2) is 41.2 Å². The summed E-state index contributed by atoms with van der Waals surface area (Å²) in [7, 11) is 0. The van der Waals surface area contributed by atoms with Gasteiger partial charge in [0.2, 0.25) is 0 Å². The van der Waals surface area contributed by atoms with Gasteiger partial charge in [0.15, 0.2) is 5.78 Å². The Bertz CT molecular complexity index is 1140. The van der Waals surface area contributed by atoms with Crippen LogP contribution >= 0.6 is 0 Å². The fraction of sp³-hybridized carbons (Fsp3) is 0.211. The second kappa shape index (κ2) is 9.99. The Morgan fingerprint density at radius 2 is 1.69 bits per heavy atom. The summed E-state index contributed by atoms with van der Waals surface area (Å²) < 4.78 is 42.3. The van der Waals surface area contributed by atoms with Crippen molar-refractivity contribution in [2.75, 3.05) is 5.32 Å². The first kappa shape index (κ1) is 22.3. The van der Waals surface area contributed by atoms with E-state index in [1.165, 1.54) is 30.3 Å². The van der Waals surface area contributed by atoms with Gasteiger partial charge in [0.1, 0.15) is 17.3 Å². The summed E-state index contributed by atoms with van der Waals surface area (Å²) in [5.41, 5.74) is 2.75. The van der Waals surface area contributed by atoms with E-state index in [0.717, 1.165) is 11.3 Å². The van der Waals surface area contributed by atoms with Gasteiger partial charge >= 0.3 is 22.5 Å². The van der Waals surface area contributed by atoms with E-state index in [2.05, 4.69) is 15.3 Å². The van der Waals surface area contributed by atoms with Crippen LogP contribution in [0.25, 0.3) is 11.0 Å². The van der Waals surface area contributed by atoms with Crippen molar-refractivity contribution in [1.29, 1.82) is 0 Å². The molecule has 1 aromatic heterocycles. The molecule has 10 heteroatoms. The monoisotopic (exact) mass is 444 g/mol. The van der Waals surface area contributed by atoms with Crippen LogP contribution in [0.3, 0.4) is 0 Å². The van der Waals surface area contributed by atoms with Gasteiger partial charge in [-0.3, -0.25) is 9.59 Å². The molecule has 1 aliphatic heterocycles. The van der Waals surface area contributed by atoms with E-state index >= 15 is 0 Å². The van der Waals surface area contributed by atoms with Crippen LogP contribution in [-0.4, -0.2) is 21.8 Å². The SMILES string of the molecule is CC1Nc2cc(F)ccc2CC1=O.Cc1nc2ccc(F)cc2[nH]c1=O.[O]=[Mn]=[O]. The van der Waals surface area contributed by atoms with Gasteiger partial charge in [-0.2, -0.15) is 0 Å². The number of aromatic amines is 1. The molecular weight excluding hydrogens is 427 g/mol. The van der Waals surface area contributed by atoms with Gasteiger partial charge in [-0.05, 0) is 49.7 Å². The molecule has 2 heterocycles. The van der Waals surface area contributed by atoms with Crippen molar-refractivity contribution in [3.63, 3.8) is 0 Å². The predicted octanol–water partition coefficient (Wildman–Crippen LogP) is 2.88. The molecule has 0 fully saturated rings. The van der Waals surface area contributed by atoms with Crippen LogP contribution in [0, 0.1) is 18.6 Å². The number of fused-ring (bicyclic) bond motifs is 2. The second-order valence-corrected chi connectivity index (χ2v) is 6.38. The Balaban J connectivity index is 0.000000183. The van der Waals surface area contributed by atoms with Gasteiger partial charge < -0.3 is 10.3 Å². The molecule has 2 N–H and O–H groups in total. The number of benzene rings is 2. The molecule has 0 amide bonds. The molecule has 4 rings (SSSR count). The number of aromatic nitrogens is 2. The summed E-state index contributed by atoms with van der Waals surface area (Å²) in [6.07, 6.45) is 0.407. The Morgan fingerprint density at radius 1 is 1.07 bits per heavy atom. The molecule has 153 valence electrons. The number of rotatable bonds is 0. The first-order valence-corrected chi connectivity index (χ1v) is 9.34. The molecule has 29 heavy (non-hydrogen) atoms. The van der Waals surface area contributed by atoms with Gasteiger partial charge in [0, 0.05) is 12.1 Å². The molecule has 0 spiro atoms. The maximum absolute atomic E-state index is 12.8. The van der Waals surface area contributed by atoms with E-state index in [1.54, 1.807) is 19.9 Å². The number of ketones is 1. The van der Waals surface area contributed by atoms with Crippen molar-refractivity contribution in [3.05, 3.63) is 69.6 Å². The Kier molecular flexibility index (Phi) is 7.69. The van der Waals surface area contributed by atoms with Crippen LogP contribution in [0.5, 0.6) is 0 Å². The van der Waals surface area contributed by atoms with Gasteiger partial charge in [0.25, 0.3) is 5.56 Å². The zero-order chi connectivity index (χ0) is 21.6. The fourth-order valence-corrected chi connectivity index (χ4v) is 2.64. The Morgan fingerprint density at radius 3 is 2.38 bits per heavy atom. The third kappa shape index (κ3) is 6.00. The predicted molar refractivity (Wildman–Crippen MR) is 96.6 cm³/mol. The number of nitrogens with zero attached hydrogens (tertiary/aromatic N) is 1. The normalized spacial score (nSPS) is 14.5. The molecule has 0 saturated heterocycles. The van der Waals surface area contributed by atoms with Crippen molar-refractivity contribution in [1.82, 2.24) is 9.97 Å². The first-order chi connectivity index (χ1) is 13.7. The minimum atomic E-state index is -1.44. The van der Waals surface area contributed by atoms with Crippen LogP contribution in [-0.2, 0) is 33.7 Å². The number of hydrogen-bond acceptors (Lipinski definition) is 6. The summed E-state index contributed by atoms with van der Waals surface area (Å²) in [6, 6.07) is 8.36. The zero-order valence-corrected chi connectivity index (χ0v) is 16.6. The Labute approximate surface area is 170 Å². The first-order valence-electron chi connectivity index (χ1n) is 8.38. The van der Waals surface area contributed by atoms with Crippen molar-refractivity contribution in [3.8, 4) is 0 Å². The summed E-state index contributed by atoms with van der Waals surface area (Å²) in [6.45, 7) is 3.40. The standard InChI is InChI=1S/C10H10FNO.C9H7FN2O.Mn.2O/c1-6-10(13)4-7-2-3-8(11)5-9(7)12-6;1-5-9(13)12-8-4-6(10)2-3-7(8)11-5;;;/h2-3,5-6,12H,4H2,1H3;2-4H,1H3,(H,12,13);;;. The second-order valence-electron chi connectivity index (χ2n) is 6.19. The maximum atomic E-state index is 12.8. The number of hydrogen-bond donors (Lipinski definition) is 2. The molecule has 0 bridgehead atoms. The van der Waals surface area contributed by atoms with E-state index in [-0.39, 0.29) is 29.0 Å². The summed E-state index contributed by atoms with van der Waals surface area (Å²) >= 11 is -1.44. The molecule has 7 nitrogen and oxygen atoms in total. The van der Waals surface area contributed by atoms with Gasteiger partial charge in [-0.1, -0.05) is 6.07 Å². The number of Topliss-reactive ketones (excluding diaryl/α,β-unsaturated/α-hetero) is 1. The average molecular weight is 444 g/mol. The molecule has 0 saturated carbocycles. The van der Waals surface area contributed by atoms with E-state index in [1.807, 2.05) is 0 Å². The van der Waals surface area contributed by atoms with Gasteiger partial charge in [-0.25, -0.2) is 13.8 Å². The number of aryl methyl sites for hydroxylation is 1. The molecule has 1 aliphatic rings. The number of H-pyrrole nitrogens is 1. The number of halogens is 2. The zero-order valence-electron chi connectivity index (χ0n) is 15.5. The van der Waals surface area contributed by atoms with Gasteiger partial charge in [-0.15, -0.1) is 0 Å². The summed E-state index contributed by atoms with van der Waals surface area (Å²) in [4.78, 5) is 28.9. The number of anilines is 1. The van der Waals surface area contributed by atoms with Crippen molar-refractivity contribution >= 4 is 22.5 Å². The fourth-order valence-electron chi connectivity index (χ4n) is 2.64. The van der Waals surface area contributed by atoms with Crippen LogP contribution in [0.1, 0.15) is 18.2 Å². The van der Waals surface area contributed by atoms with Gasteiger partial charge in [0.05, 0.1) is 17.1 Å². The van der Waals surface area contributed by atoms with Crippen LogP contribution in [0.4, 0.5) is 14.5 Å². The van der Waals surface area contributed by atoms with E-state index in [4.69, 9.17) is 7.67 Å². The summed E-state index contributed by atoms with van der Waals surface area (Å²) in [5, 5.41) is 2.96. The average Bonchev–Trinajstić information content (AvgIpc) is 2.65. The molecule has 0 aliphatic carbocycles. The third-order valence-electron chi connectivity index (χ3n) is 4.12. The quantitative estimate of drug-likeness (QED) is 0.517.